The summed E-state index contributed by atoms with van der Waals surface area (Å²) in [4.78, 5) is 4.27. The fraction of sp³-hybridized carbons (Fsp3) is 0.222. The Morgan fingerprint density at radius 2 is 2.15 bits per heavy atom. The zero-order chi connectivity index (χ0) is 18.8. The van der Waals surface area contributed by atoms with Crippen LogP contribution in [0.25, 0.3) is 17.3 Å². The van der Waals surface area contributed by atoms with Crippen LogP contribution in [-0.2, 0) is 11.3 Å². The summed E-state index contributed by atoms with van der Waals surface area (Å²) < 4.78 is 40.0. The van der Waals surface area contributed by atoms with E-state index >= 15 is 0 Å². The summed E-state index contributed by atoms with van der Waals surface area (Å²) in [6.07, 6.45) is 5.28. The lowest BCUT2D eigenvalue weighted by atomic mass is 9.99. The van der Waals surface area contributed by atoms with Crippen molar-refractivity contribution in [2.75, 3.05) is 7.11 Å². The first-order chi connectivity index (χ1) is 13.2. The van der Waals surface area contributed by atoms with Gasteiger partial charge in [-0.15, -0.1) is 5.10 Å². The molecule has 1 aliphatic carbocycles. The molecule has 0 radical (unpaired) electrons. The second kappa shape index (κ2) is 7.20. The summed E-state index contributed by atoms with van der Waals surface area (Å²) in [6, 6.07) is 6.16. The molecule has 2 heterocycles. The average Bonchev–Trinajstić information content (AvgIpc) is 3.30. The normalized spacial score (nSPS) is 16.6. The number of allylic oxidation sites excluding steroid dienone is 4. The molecule has 0 aliphatic heterocycles. The molecule has 0 bridgehead atoms. The molecular weight excluding hydrogens is 356 g/mol. The number of ether oxygens (including phenoxy) is 1. The van der Waals surface area contributed by atoms with Gasteiger partial charge < -0.3 is 9.26 Å². The second-order valence-electron chi connectivity index (χ2n) is 5.91. The van der Waals surface area contributed by atoms with Crippen molar-refractivity contribution >= 4 is 0 Å². The van der Waals surface area contributed by atoms with Crippen molar-refractivity contribution in [2.45, 2.75) is 18.9 Å². The van der Waals surface area contributed by atoms with Crippen molar-refractivity contribution in [3.05, 3.63) is 65.7 Å². The molecule has 0 amide bonds. The molecule has 1 aromatic carbocycles. The van der Waals surface area contributed by atoms with Crippen molar-refractivity contribution < 1.29 is 18.0 Å². The van der Waals surface area contributed by atoms with Crippen molar-refractivity contribution in [1.82, 2.24) is 25.1 Å². The van der Waals surface area contributed by atoms with Crippen LogP contribution in [0.15, 0.2) is 52.8 Å². The molecule has 0 N–H and O–H groups in total. The number of aromatic nitrogens is 5. The highest BCUT2D eigenvalue weighted by Crippen LogP contribution is 2.32. The summed E-state index contributed by atoms with van der Waals surface area (Å²) in [5.41, 5.74) is 0.918. The van der Waals surface area contributed by atoms with E-state index in [9.17, 15) is 8.78 Å². The quantitative estimate of drug-likeness (QED) is 0.683. The molecule has 0 saturated heterocycles. The maximum atomic E-state index is 14.2. The Morgan fingerprint density at radius 3 is 2.93 bits per heavy atom. The number of rotatable bonds is 5. The van der Waals surface area contributed by atoms with Crippen molar-refractivity contribution in [3.8, 4) is 17.3 Å². The zero-order valence-corrected chi connectivity index (χ0v) is 14.3. The smallest absolute Gasteiger partial charge is 0.280 e. The molecule has 27 heavy (non-hydrogen) atoms. The van der Waals surface area contributed by atoms with E-state index in [1.165, 1.54) is 23.9 Å². The van der Waals surface area contributed by atoms with Gasteiger partial charge in [0.1, 0.15) is 23.0 Å². The molecule has 1 unspecified atom stereocenters. The minimum Gasteiger partial charge on any atom is -0.378 e. The Labute approximate surface area is 153 Å². The van der Waals surface area contributed by atoms with Crippen LogP contribution in [0.5, 0.6) is 0 Å². The van der Waals surface area contributed by atoms with Gasteiger partial charge in [-0.05, 0) is 24.6 Å². The predicted molar refractivity (Wildman–Crippen MR) is 91.0 cm³/mol. The number of hydrogen-bond donors (Lipinski definition) is 0. The molecule has 1 atom stereocenters. The van der Waals surface area contributed by atoms with Gasteiger partial charge in [0, 0.05) is 7.11 Å². The van der Waals surface area contributed by atoms with Crippen LogP contribution in [0, 0.1) is 5.82 Å². The molecule has 0 saturated carbocycles. The highest BCUT2D eigenvalue weighted by molar-refractivity contribution is 5.52. The molecule has 3 aromatic rings. The van der Waals surface area contributed by atoms with Crippen molar-refractivity contribution in [2.24, 2.45) is 0 Å². The first-order valence-corrected chi connectivity index (χ1v) is 8.23. The van der Waals surface area contributed by atoms with E-state index in [0.29, 0.717) is 12.1 Å². The summed E-state index contributed by atoms with van der Waals surface area (Å²) in [6.45, 7) is 0.0921. The highest BCUT2D eigenvalue weighted by atomic mass is 19.1. The maximum Gasteiger partial charge on any atom is 0.280 e. The van der Waals surface area contributed by atoms with Gasteiger partial charge in [-0.3, -0.25) is 0 Å². The standard InChI is InChI=1S/C18H15F2N5O2/c1-26-10-15-16(22-24-25(15)14-9-5-4-8-13(14)20)18-21-17(23-27-18)11-6-2-3-7-12(11)19/h2-5,7-9,11H,6,10H2,1H3. The van der Waals surface area contributed by atoms with E-state index in [4.69, 9.17) is 9.26 Å². The van der Waals surface area contributed by atoms with Gasteiger partial charge in [0.05, 0.1) is 12.5 Å². The van der Waals surface area contributed by atoms with Gasteiger partial charge in [-0.25, -0.2) is 13.5 Å². The lowest BCUT2D eigenvalue weighted by Gasteiger charge is -2.10. The summed E-state index contributed by atoms with van der Waals surface area (Å²) >= 11 is 0. The van der Waals surface area contributed by atoms with E-state index in [1.807, 2.05) is 6.08 Å². The second-order valence-corrected chi connectivity index (χ2v) is 5.91. The van der Waals surface area contributed by atoms with E-state index in [0.717, 1.165) is 0 Å². The molecule has 9 heteroatoms. The minimum absolute atomic E-state index is 0.0713. The van der Waals surface area contributed by atoms with Gasteiger partial charge in [0.2, 0.25) is 0 Å². The fourth-order valence-electron chi connectivity index (χ4n) is 2.86. The lowest BCUT2D eigenvalue weighted by molar-refractivity contribution is 0.179. The van der Waals surface area contributed by atoms with Crippen LogP contribution < -0.4 is 0 Å². The van der Waals surface area contributed by atoms with E-state index in [-0.39, 0.29) is 35.5 Å². The van der Waals surface area contributed by atoms with Crippen molar-refractivity contribution in [3.63, 3.8) is 0 Å². The lowest BCUT2D eigenvalue weighted by Crippen LogP contribution is -2.06. The number of hydrogen-bond acceptors (Lipinski definition) is 6. The Morgan fingerprint density at radius 1 is 1.30 bits per heavy atom. The van der Waals surface area contributed by atoms with Gasteiger partial charge in [0.25, 0.3) is 5.89 Å². The van der Waals surface area contributed by atoms with Crippen LogP contribution in [0.4, 0.5) is 8.78 Å². The molecule has 4 rings (SSSR count). The zero-order valence-electron chi connectivity index (χ0n) is 14.3. The third kappa shape index (κ3) is 3.17. The minimum atomic E-state index is -0.597. The molecule has 138 valence electrons. The van der Waals surface area contributed by atoms with Crippen LogP contribution in [0.2, 0.25) is 0 Å². The molecule has 0 fully saturated rings. The fourth-order valence-corrected chi connectivity index (χ4v) is 2.86. The van der Waals surface area contributed by atoms with Crippen LogP contribution in [-0.4, -0.2) is 32.2 Å². The largest absolute Gasteiger partial charge is 0.378 e. The summed E-state index contributed by atoms with van der Waals surface area (Å²) in [5.74, 6) is -1.11. The Bertz CT molecular complexity index is 1020. The average molecular weight is 371 g/mol. The molecule has 0 spiro atoms. The highest BCUT2D eigenvalue weighted by Gasteiger charge is 2.27. The third-order valence-corrected chi connectivity index (χ3v) is 4.18. The van der Waals surface area contributed by atoms with Crippen molar-refractivity contribution in [1.29, 1.82) is 0 Å². The first-order valence-electron chi connectivity index (χ1n) is 8.23. The number of benzene rings is 1. The maximum absolute atomic E-state index is 14.2. The van der Waals surface area contributed by atoms with Crippen LogP contribution in [0.1, 0.15) is 23.9 Å². The van der Waals surface area contributed by atoms with E-state index < -0.39 is 11.7 Å². The first kappa shape index (κ1) is 17.2. The monoisotopic (exact) mass is 371 g/mol. The van der Waals surface area contributed by atoms with Gasteiger partial charge in [-0.1, -0.05) is 34.7 Å². The number of methoxy groups -OCH3 is 1. The SMILES string of the molecule is COCc1c(-c2nc(C3CC=CC=C3F)no2)nnn1-c1ccccc1F. The Kier molecular flexibility index (Phi) is 4.59. The number of halogens is 2. The van der Waals surface area contributed by atoms with Crippen LogP contribution >= 0.6 is 0 Å². The van der Waals surface area contributed by atoms with E-state index in [2.05, 4.69) is 20.5 Å². The molecular formula is C18H15F2N5O2. The molecule has 2 aromatic heterocycles. The van der Waals surface area contributed by atoms with Gasteiger partial charge >= 0.3 is 0 Å². The summed E-state index contributed by atoms with van der Waals surface area (Å²) in [5, 5.41) is 11.9. The molecule has 1 aliphatic rings. The molecule has 7 nitrogen and oxygen atoms in total. The van der Waals surface area contributed by atoms with E-state index in [1.54, 1.807) is 24.3 Å². The Hall–Kier alpha value is -3.20. The summed E-state index contributed by atoms with van der Waals surface area (Å²) in [7, 11) is 1.50. The van der Waals surface area contributed by atoms with Crippen LogP contribution in [0.3, 0.4) is 0 Å². The number of para-hydroxylation sites is 1. The number of nitrogens with zero attached hydrogens (tertiary/aromatic N) is 5. The van der Waals surface area contributed by atoms with Gasteiger partial charge in [0.15, 0.2) is 11.5 Å². The predicted octanol–water partition coefficient (Wildman–Crippen LogP) is 3.50. The van der Waals surface area contributed by atoms with Gasteiger partial charge in [-0.2, -0.15) is 4.98 Å². The topological polar surface area (TPSA) is 78.9 Å². The third-order valence-electron chi connectivity index (χ3n) is 4.18. The Balaban J connectivity index is 1.74.